The van der Waals surface area contributed by atoms with E-state index in [9.17, 15) is 35.7 Å². The molecule has 19 atom stereocenters. The summed E-state index contributed by atoms with van der Waals surface area (Å²) in [4.78, 5) is 4.10. The van der Waals surface area contributed by atoms with Crippen LogP contribution in [-0.2, 0) is 39.7 Å². The number of nitrogens with zero attached hydrogens (tertiary/aromatic N) is 1. The first kappa shape index (κ1) is 41.5. The van der Waals surface area contributed by atoms with Gasteiger partial charge in [0.2, 0.25) is 0 Å². The van der Waals surface area contributed by atoms with Crippen molar-refractivity contribution in [2.45, 2.75) is 129 Å². The van der Waals surface area contributed by atoms with Crippen molar-refractivity contribution in [3.05, 3.63) is 30.1 Å². The largest absolute Gasteiger partial charge is 0.394 e. The summed E-state index contributed by atoms with van der Waals surface area (Å²) in [6.45, 7) is -0.526. The molecule has 1 aromatic heterocycles. The molecule has 1 aromatic rings. The Morgan fingerprint density at radius 2 is 1.31 bits per heavy atom. The number of hydrogen-bond donors (Lipinski definition) is 13. The molecular formula is C31H55N7O14. The van der Waals surface area contributed by atoms with E-state index in [-0.39, 0.29) is 19.6 Å². The van der Waals surface area contributed by atoms with Crippen LogP contribution < -0.4 is 34.0 Å². The number of aliphatic hydroxyl groups excluding tert-OH is 7. The van der Waals surface area contributed by atoms with E-state index in [1.54, 1.807) is 12.4 Å². The lowest BCUT2D eigenvalue weighted by Crippen LogP contribution is -2.68. The van der Waals surface area contributed by atoms with E-state index in [0.29, 0.717) is 13.1 Å². The van der Waals surface area contributed by atoms with Crippen molar-refractivity contribution in [1.29, 1.82) is 0 Å². The third-order valence-electron chi connectivity index (χ3n) is 9.94. The number of rotatable bonds is 15. The van der Waals surface area contributed by atoms with Crippen LogP contribution in [0.5, 0.6) is 0 Å². The molecule has 4 heterocycles. The maximum atomic E-state index is 11.3. The number of nitrogens with one attached hydrogen (secondary N) is 1. The molecule has 21 heteroatoms. The normalized spacial score (nSPS) is 45.7. The molecule has 1 aliphatic carbocycles. The van der Waals surface area contributed by atoms with Crippen LogP contribution in [0.25, 0.3) is 0 Å². The van der Waals surface area contributed by atoms with Gasteiger partial charge in [0, 0.05) is 44.1 Å². The number of pyridine rings is 1. The number of aliphatic hydroxyl groups is 7. The summed E-state index contributed by atoms with van der Waals surface area (Å²) >= 11 is 0. The van der Waals surface area contributed by atoms with Crippen molar-refractivity contribution in [2.75, 3.05) is 32.9 Å². The molecule has 18 N–H and O–H groups in total. The van der Waals surface area contributed by atoms with Crippen LogP contribution in [0.15, 0.2) is 24.5 Å². The standard InChI is InChI=1S/C31H55N7O14/c32-7-15-21(42)23(44)18(35)29(47-15)51-26-17(11-40)49-31(28(26)46-5-4-38-9-12-2-1-3-37-8-12)52-27-20(41)13(33)6-14(34)25(27)50-30-19(36)24(45)22(43)16(10-39)48-30/h1-3,8,13-31,38-45H,4-7,9-11,32-36H2/t13-,14+,15+,16-,17-,18-,19-,20+,21-,22-,23-,24-,25-,26-,27-,28-,29-,30-,31+/m1/s1. The van der Waals surface area contributed by atoms with Gasteiger partial charge in [-0.2, -0.15) is 0 Å². The van der Waals surface area contributed by atoms with Gasteiger partial charge in [-0.1, -0.05) is 6.07 Å². The smallest absolute Gasteiger partial charge is 0.187 e. The lowest BCUT2D eigenvalue weighted by molar-refractivity contribution is -0.311. The molecule has 3 saturated heterocycles. The Kier molecular flexibility index (Phi) is 15.0. The Hall–Kier alpha value is -1.65. The van der Waals surface area contributed by atoms with Crippen LogP contribution in [0.1, 0.15) is 12.0 Å². The maximum Gasteiger partial charge on any atom is 0.187 e. The molecule has 4 fully saturated rings. The zero-order valence-electron chi connectivity index (χ0n) is 28.6. The van der Waals surface area contributed by atoms with Gasteiger partial charge in [0.05, 0.1) is 38.0 Å². The SMILES string of the molecule is NC[C@@H]1O[C@H](O[C@H]2[C@@H](OCCNCc3cccnc3)[C@H](O[C@@H]3[C@@H](O)[C@H](N)C[C@H](N)[C@H]3O[C@H]3O[C@H](CO)[C@@H](O)[C@H](O)[C@H]3N)O[C@@H]2CO)[C@H](N)[C@@H](O)[C@@H]1O. The van der Waals surface area contributed by atoms with E-state index < -0.39 is 129 Å². The highest BCUT2D eigenvalue weighted by atomic mass is 16.8. The Balaban J connectivity index is 1.36. The zero-order chi connectivity index (χ0) is 37.7. The molecule has 0 bridgehead atoms. The van der Waals surface area contributed by atoms with E-state index in [4.69, 9.17) is 61.8 Å². The first-order chi connectivity index (χ1) is 24.9. The van der Waals surface area contributed by atoms with Crippen LogP contribution in [0.2, 0.25) is 0 Å². The highest BCUT2D eigenvalue weighted by molar-refractivity contribution is 5.08. The van der Waals surface area contributed by atoms with Gasteiger partial charge in [0.15, 0.2) is 18.9 Å². The van der Waals surface area contributed by atoms with Gasteiger partial charge in [-0.15, -0.1) is 0 Å². The number of nitrogens with two attached hydrogens (primary N) is 5. The average molecular weight is 750 g/mol. The van der Waals surface area contributed by atoms with E-state index in [1.807, 2.05) is 12.1 Å². The van der Waals surface area contributed by atoms with Gasteiger partial charge < -0.3 is 103 Å². The van der Waals surface area contributed by atoms with Gasteiger partial charge in [-0.3, -0.25) is 4.98 Å². The van der Waals surface area contributed by atoms with Crippen LogP contribution in [-0.4, -0.2) is 190 Å². The lowest BCUT2D eigenvalue weighted by atomic mass is 9.84. The van der Waals surface area contributed by atoms with E-state index in [0.717, 1.165) is 5.56 Å². The predicted octanol–water partition coefficient (Wildman–Crippen LogP) is -7.65. The van der Waals surface area contributed by atoms with E-state index in [2.05, 4.69) is 10.3 Å². The monoisotopic (exact) mass is 749 g/mol. The predicted molar refractivity (Wildman–Crippen MR) is 176 cm³/mol. The number of aromatic nitrogens is 1. The summed E-state index contributed by atoms with van der Waals surface area (Å²) in [6.07, 6.45) is -16.1. The summed E-state index contributed by atoms with van der Waals surface area (Å²) in [5.74, 6) is 0. The van der Waals surface area contributed by atoms with Crippen molar-refractivity contribution in [3.8, 4) is 0 Å². The van der Waals surface area contributed by atoms with Gasteiger partial charge in [-0.05, 0) is 18.1 Å². The van der Waals surface area contributed by atoms with Crippen LogP contribution >= 0.6 is 0 Å². The molecule has 0 amide bonds. The Morgan fingerprint density at radius 3 is 1.92 bits per heavy atom. The van der Waals surface area contributed by atoms with E-state index in [1.165, 1.54) is 0 Å². The van der Waals surface area contributed by atoms with Crippen LogP contribution in [0.3, 0.4) is 0 Å². The highest BCUT2D eigenvalue weighted by Gasteiger charge is 2.55. The van der Waals surface area contributed by atoms with Crippen molar-refractivity contribution in [1.82, 2.24) is 10.3 Å². The quantitative estimate of drug-likeness (QED) is 0.0740. The van der Waals surface area contributed by atoms with Crippen molar-refractivity contribution in [2.24, 2.45) is 28.7 Å². The Labute approximate surface area is 300 Å². The molecule has 0 spiro atoms. The molecule has 298 valence electrons. The first-order valence-electron chi connectivity index (χ1n) is 17.4. The number of hydrogen-bond acceptors (Lipinski definition) is 21. The minimum Gasteiger partial charge on any atom is -0.394 e. The fraction of sp³-hybridized carbons (Fsp3) is 0.839. The molecule has 21 nitrogen and oxygen atoms in total. The van der Waals surface area contributed by atoms with Crippen LogP contribution in [0.4, 0.5) is 0 Å². The van der Waals surface area contributed by atoms with Gasteiger partial charge >= 0.3 is 0 Å². The van der Waals surface area contributed by atoms with Gasteiger partial charge in [0.1, 0.15) is 67.1 Å². The van der Waals surface area contributed by atoms with Gasteiger partial charge in [0.25, 0.3) is 0 Å². The lowest BCUT2D eigenvalue weighted by Gasteiger charge is -2.47. The summed E-state index contributed by atoms with van der Waals surface area (Å²) in [7, 11) is 0. The topological polar surface area (TPSA) is 361 Å². The molecule has 3 aliphatic heterocycles. The number of ether oxygens (including phenoxy) is 7. The third kappa shape index (κ3) is 9.23. The molecule has 1 saturated carbocycles. The Bertz CT molecular complexity index is 1220. The second-order valence-corrected chi connectivity index (χ2v) is 13.6. The minimum atomic E-state index is -1.53. The first-order valence-corrected chi connectivity index (χ1v) is 17.4. The Morgan fingerprint density at radius 1 is 0.712 bits per heavy atom. The molecule has 0 aromatic carbocycles. The van der Waals surface area contributed by atoms with E-state index >= 15 is 0 Å². The minimum absolute atomic E-state index is 0.0657. The third-order valence-corrected chi connectivity index (χ3v) is 9.94. The molecule has 52 heavy (non-hydrogen) atoms. The van der Waals surface area contributed by atoms with Crippen molar-refractivity contribution >= 4 is 0 Å². The van der Waals surface area contributed by atoms with Crippen molar-refractivity contribution < 1.29 is 68.9 Å². The summed E-state index contributed by atoms with van der Waals surface area (Å²) in [6, 6.07) is -0.553. The van der Waals surface area contributed by atoms with Crippen LogP contribution in [0, 0.1) is 0 Å². The fourth-order valence-corrected chi connectivity index (χ4v) is 6.86. The average Bonchev–Trinajstić information content (AvgIpc) is 3.47. The fourth-order valence-electron chi connectivity index (χ4n) is 6.86. The molecular weight excluding hydrogens is 694 g/mol. The molecule has 0 unspecified atom stereocenters. The molecule has 5 rings (SSSR count). The molecule has 4 aliphatic rings. The summed E-state index contributed by atoms with van der Waals surface area (Å²) in [5, 5.41) is 76.4. The highest BCUT2D eigenvalue weighted by Crippen LogP contribution is 2.35. The second kappa shape index (κ2) is 18.8. The summed E-state index contributed by atoms with van der Waals surface area (Å²) < 4.78 is 42.5. The van der Waals surface area contributed by atoms with Gasteiger partial charge in [-0.25, -0.2) is 0 Å². The molecule has 0 radical (unpaired) electrons. The maximum absolute atomic E-state index is 11.3. The van der Waals surface area contributed by atoms with Crippen molar-refractivity contribution in [3.63, 3.8) is 0 Å². The summed E-state index contributed by atoms with van der Waals surface area (Å²) in [5.41, 5.74) is 31.7. The second-order valence-electron chi connectivity index (χ2n) is 13.6. The zero-order valence-corrected chi connectivity index (χ0v) is 28.6.